The number of furan rings is 2. The van der Waals surface area contributed by atoms with Crippen LogP contribution >= 0.6 is 0 Å². The van der Waals surface area contributed by atoms with Gasteiger partial charge in [-0.1, -0.05) is 140 Å². The predicted octanol–water partition coefficient (Wildman–Crippen LogP) is 18.1. The van der Waals surface area contributed by atoms with Crippen LogP contribution in [0.25, 0.3) is 87.7 Å². The van der Waals surface area contributed by atoms with E-state index >= 15 is 0 Å². The van der Waals surface area contributed by atoms with E-state index < -0.39 is 0 Å². The average Bonchev–Trinajstić information content (AvgIpc) is 3.94. The van der Waals surface area contributed by atoms with Crippen molar-refractivity contribution in [2.45, 2.75) is 0 Å². The summed E-state index contributed by atoms with van der Waals surface area (Å²) in [5.41, 5.74) is 14.4. The monoisotopic (exact) mass is 844 g/mol. The van der Waals surface area contributed by atoms with E-state index in [4.69, 9.17) is 8.83 Å². The fourth-order valence-corrected chi connectivity index (χ4v) is 9.83. The summed E-state index contributed by atoms with van der Waals surface area (Å²) in [4.78, 5) is 4.71. The van der Waals surface area contributed by atoms with Crippen molar-refractivity contribution >= 4 is 99.5 Å². The van der Waals surface area contributed by atoms with Crippen LogP contribution in [0.15, 0.2) is 251 Å². The second-order valence-corrected chi connectivity index (χ2v) is 16.9. The number of rotatable bonds is 8. The zero-order chi connectivity index (χ0) is 43.6. The molecule has 0 fully saturated rings. The van der Waals surface area contributed by atoms with Crippen LogP contribution in [0.4, 0.5) is 34.1 Å². The molecule has 310 valence electrons. The van der Waals surface area contributed by atoms with Crippen LogP contribution in [0.3, 0.4) is 0 Å². The van der Waals surface area contributed by atoms with Crippen molar-refractivity contribution in [2.75, 3.05) is 9.80 Å². The highest BCUT2D eigenvalue weighted by molar-refractivity contribution is 6.17. The number of benzene rings is 11. The van der Waals surface area contributed by atoms with E-state index in [-0.39, 0.29) is 0 Å². The zero-order valence-electron chi connectivity index (χ0n) is 35.8. The van der Waals surface area contributed by atoms with Gasteiger partial charge in [0.25, 0.3) is 0 Å². The molecule has 0 amide bonds. The fourth-order valence-electron chi connectivity index (χ4n) is 9.83. The molecular formula is C62H40N2O2. The van der Waals surface area contributed by atoms with Crippen molar-refractivity contribution in [3.8, 4) is 22.3 Å². The quantitative estimate of drug-likeness (QED) is 0.143. The van der Waals surface area contributed by atoms with Crippen LogP contribution in [0, 0.1) is 0 Å². The van der Waals surface area contributed by atoms with Crippen molar-refractivity contribution in [1.82, 2.24) is 0 Å². The van der Waals surface area contributed by atoms with Crippen molar-refractivity contribution in [2.24, 2.45) is 0 Å². The Labute approximate surface area is 381 Å². The minimum absolute atomic E-state index is 0.842. The van der Waals surface area contributed by atoms with Crippen molar-refractivity contribution < 1.29 is 8.83 Å². The summed E-state index contributed by atoms with van der Waals surface area (Å²) in [7, 11) is 0. The van der Waals surface area contributed by atoms with E-state index in [0.717, 1.165) is 94.5 Å². The molecule has 13 aromatic rings. The topological polar surface area (TPSA) is 32.8 Å². The number of nitrogens with zero attached hydrogens (tertiary/aromatic N) is 2. The van der Waals surface area contributed by atoms with Gasteiger partial charge < -0.3 is 18.6 Å². The summed E-state index contributed by atoms with van der Waals surface area (Å²) >= 11 is 0. The number of para-hydroxylation sites is 3. The summed E-state index contributed by atoms with van der Waals surface area (Å²) in [5, 5.41) is 9.09. The molecule has 0 spiro atoms. The molecule has 0 atom stereocenters. The molecule has 0 radical (unpaired) electrons. The first-order valence-electron chi connectivity index (χ1n) is 22.4. The molecule has 0 unspecified atom stereocenters. The Morgan fingerprint density at radius 2 is 0.667 bits per heavy atom. The summed E-state index contributed by atoms with van der Waals surface area (Å²) in [6.07, 6.45) is 0. The lowest BCUT2D eigenvalue weighted by Gasteiger charge is -2.30. The van der Waals surface area contributed by atoms with Crippen LogP contribution in [0.5, 0.6) is 0 Å². The van der Waals surface area contributed by atoms with Crippen LogP contribution in [0.2, 0.25) is 0 Å². The average molecular weight is 845 g/mol. The first-order valence-corrected chi connectivity index (χ1v) is 22.4. The van der Waals surface area contributed by atoms with Gasteiger partial charge in [-0.05, 0) is 141 Å². The first kappa shape index (κ1) is 37.7. The molecule has 0 bridgehead atoms. The Balaban J connectivity index is 0.984. The maximum atomic E-state index is 6.53. The van der Waals surface area contributed by atoms with Crippen LogP contribution in [-0.2, 0) is 0 Å². The van der Waals surface area contributed by atoms with E-state index in [9.17, 15) is 0 Å². The van der Waals surface area contributed by atoms with Crippen LogP contribution in [0.1, 0.15) is 0 Å². The lowest BCUT2D eigenvalue weighted by molar-refractivity contribution is 0.669. The van der Waals surface area contributed by atoms with Gasteiger partial charge in [-0.2, -0.15) is 0 Å². The van der Waals surface area contributed by atoms with E-state index in [2.05, 4.69) is 228 Å². The van der Waals surface area contributed by atoms with Gasteiger partial charge in [-0.25, -0.2) is 0 Å². The minimum atomic E-state index is 0.842. The normalized spacial score (nSPS) is 11.6. The van der Waals surface area contributed by atoms with Crippen LogP contribution in [-0.4, -0.2) is 0 Å². The predicted molar refractivity (Wildman–Crippen MR) is 276 cm³/mol. The van der Waals surface area contributed by atoms with Gasteiger partial charge in [0.1, 0.15) is 22.3 Å². The van der Waals surface area contributed by atoms with Gasteiger partial charge in [-0.15, -0.1) is 0 Å². The maximum Gasteiger partial charge on any atom is 0.137 e. The minimum Gasteiger partial charge on any atom is -0.456 e. The Morgan fingerprint density at radius 1 is 0.212 bits per heavy atom. The second kappa shape index (κ2) is 15.4. The van der Waals surface area contributed by atoms with Gasteiger partial charge >= 0.3 is 0 Å². The van der Waals surface area contributed by atoms with Gasteiger partial charge in [0.15, 0.2) is 0 Å². The van der Waals surface area contributed by atoms with Gasteiger partial charge in [0.05, 0.1) is 0 Å². The summed E-state index contributed by atoms with van der Waals surface area (Å²) in [5.74, 6) is 0. The van der Waals surface area contributed by atoms with Crippen LogP contribution < -0.4 is 9.80 Å². The van der Waals surface area contributed by atoms with Crippen molar-refractivity contribution in [1.29, 1.82) is 0 Å². The highest BCUT2D eigenvalue weighted by Gasteiger charge is 2.20. The smallest absolute Gasteiger partial charge is 0.137 e. The third-order valence-electron chi connectivity index (χ3n) is 13.0. The lowest BCUT2D eigenvalue weighted by atomic mass is 9.98. The Bertz CT molecular complexity index is 3960. The number of hydrogen-bond donors (Lipinski definition) is 0. The Kier molecular flexibility index (Phi) is 8.81. The maximum absolute atomic E-state index is 6.53. The molecule has 4 heteroatoms. The summed E-state index contributed by atoms with van der Waals surface area (Å²) in [6.45, 7) is 0. The fraction of sp³-hybridized carbons (Fsp3) is 0. The van der Waals surface area contributed by atoms with Crippen molar-refractivity contribution in [3.05, 3.63) is 243 Å². The molecule has 66 heavy (non-hydrogen) atoms. The molecule has 2 heterocycles. The molecule has 0 aliphatic heterocycles. The molecule has 2 aromatic heterocycles. The molecule has 4 nitrogen and oxygen atoms in total. The Hall–Kier alpha value is -8.86. The largest absolute Gasteiger partial charge is 0.456 e. The standard InChI is InChI=1S/C62H40N2O2/c1-3-14-41(15-4-1)43-16-11-17-44(34-43)45-18-12-21-48(35-45)63(47-19-5-2-6-20-47)49-22-13-23-50(37-49)64(52-32-33-55-53-24-7-9-26-59(53)66-62(55)39-52)51-31-30-42-28-29-46-36-61-58(40-57(46)56(42)38-51)54-25-8-10-27-60(54)65-61/h1-40H. The summed E-state index contributed by atoms with van der Waals surface area (Å²) in [6, 6.07) is 86.6. The Morgan fingerprint density at radius 3 is 1.42 bits per heavy atom. The van der Waals surface area contributed by atoms with Crippen molar-refractivity contribution in [3.63, 3.8) is 0 Å². The lowest BCUT2D eigenvalue weighted by Crippen LogP contribution is -2.13. The molecule has 0 aliphatic carbocycles. The van der Waals surface area contributed by atoms with E-state index in [0.29, 0.717) is 0 Å². The molecule has 0 saturated carbocycles. The molecule has 13 rings (SSSR count). The van der Waals surface area contributed by atoms with Gasteiger partial charge in [0.2, 0.25) is 0 Å². The van der Waals surface area contributed by atoms with E-state index in [1.807, 2.05) is 24.3 Å². The number of hydrogen-bond acceptors (Lipinski definition) is 4. The van der Waals surface area contributed by atoms with E-state index in [1.54, 1.807) is 0 Å². The zero-order valence-corrected chi connectivity index (χ0v) is 35.8. The molecule has 0 saturated heterocycles. The highest BCUT2D eigenvalue weighted by atomic mass is 16.3. The first-order chi connectivity index (χ1) is 32.7. The number of fused-ring (bicyclic) bond motifs is 9. The second-order valence-electron chi connectivity index (χ2n) is 16.9. The summed E-state index contributed by atoms with van der Waals surface area (Å²) < 4.78 is 12.9. The highest BCUT2D eigenvalue weighted by Crippen LogP contribution is 2.44. The van der Waals surface area contributed by atoms with Gasteiger partial charge in [0, 0.05) is 61.7 Å². The third kappa shape index (κ3) is 6.46. The van der Waals surface area contributed by atoms with E-state index in [1.165, 1.54) is 27.3 Å². The molecule has 11 aromatic carbocycles. The molecule has 0 aliphatic rings. The SMILES string of the molecule is c1ccc(-c2cccc(-c3cccc(N(c4ccccc4)c4cccc(N(c5ccc6c(c5)oc5ccccc56)c5ccc6ccc7cc8oc9ccccc9c8cc7c6c5)c4)c3)c2)cc1. The molecule has 0 N–H and O–H groups in total. The van der Waals surface area contributed by atoms with Gasteiger partial charge in [-0.3, -0.25) is 0 Å². The number of anilines is 6. The molecular weight excluding hydrogens is 805 g/mol. The third-order valence-corrected chi connectivity index (χ3v) is 13.0.